The maximum atomic E-state index is 6.17. The third-order valence-electron chi connectivity index (χ3n) is 2.87. The van der Waals surface area contributed by atoms with Crippen LogP contribution < -0.4 is 22.9 Å². The van der Waals surface area contributed by atoms with Crippen molar-refractivity contribution in [2.75, 3.05) is 22.9 Å². The summed E-state index contributed by atoms with van der Waals surface area (Å²) in [4.78, 5) is 0. The minimum atomic E-state index is 0.495. The largest absolute Gasteiger partial charge is 0.396 e. The molecule has 0 heterocycles. The number of nitrogen functional groups attached to an aromatic ring is 4. The number of nitrogens with two attached hydrogens (primary N) is 4. The molecule has 20 heavy (non-hydrogen) atoms. The van der Waals surface area contributed by atoms with Gasteiger partial charge in [0.2, 0.25) is 0 Å². The fraction of sp³-hybridized carbons (Fsp3) is 0. The van der Waals surface area contributed by atoms with Crippen LogP contribution in [0.5, 0.6) is 0 Å². The Balaban J connectivity index is 2.90. The molecule has 2 aromatic rings. The molecule has 0 aliphatic heterocycles. The van der Waals surface area contributed by atoms with Crippen LogP contribution in [-0.4, -0.2) is 0 Å². The van der Waals surface area contributed by atoms with Crippen molar-refractivity contribution in [2.45, 2.75) is 0 Å². The molecule has 0 aromatic heterocycles. The third kappa shape index (κ3) is 2.71. The van der Waals surface area contributed by atoms with Crippen LogP contribution in [0.3, 0.4) is 0 Å². The molecule has 0 radical (unpaired) electrons. The van der Waals surface area contributed by atoms with E-state index in [1.807, 2.05) is 12.1 Å². The molecule has 2 aromatic carbocycles. The number of hydrogen-bond acceptors (Lipinski definition) is 4. The molecule has 0 spiro atoms. The Morgan fingerprint density at radius 3 is 1.25 bits per heavy atom. The lowest BCUT2D eigenvalue weighted by molar-refractivity contribution is 1.51. The Hall–Kier alpha value is 0.0600. The van der Waals surface area contributed by atoms with Crippen LogP contribution in [0.4, 0.5) is 22.7 Å². The van der Waals surface area contributed by atoms with Gasteiger partial charge in [-0.05, 0) is 89.2 Å². The Morgan fingerprint density at radius 1 is 0.650 bits per heavy atom. The van der Waals surface area contributed by atoms with Crippen molar-refractivity contribution in [3.05, 3.63) is 28.2 Å². The second-order valence-corrected chi connectivity index (χ2v) is 8.12. The van der Waals surface area contributed by atoms with Crippen LogP contribution >= 0.6 is 77.0 Å². The molecule has 0 saturated carbocycles. The molecule has 8 N–H and O–H groups in total. The van der Waals surface area contributed by atoms with Gasteiger partial charge < -0.3 is 22.9 Å². The summed E-state index contributed by atoms with van der Waals surface area (Å²) in [6.45, 7) is 0. The molecular formula is C12H10Br2I2N4. The molecule has 0 aliphatic rings. The van der Waals surface area contributed by atoms with E-state index in [9.17, 15) is 0 Å². The van der Waals surface area contributed by atoms with Gasteiger partial charge >= 0.3 is 0 Å². The van der Waals surface area contributed by atoms with E-state index in [2.05, 4.69) is 77.0 Å². The average molecular weight is 624 g/mol. The number of hydrogen-bond donors (Lipinski definition) is 4. The summed E-state index contributed by atoms with van der Waals surface area (Å²) in [7, 11) is 0. The highest BCUT2D eigenvalue weighted by Crippen LogP contribution is 2.46. The van der Waals surface area contributed by atoms with Crippen molar-refractivity contribution < 1.29 is 0 Å². The predicted molar refractivity (Wildman–Crippen MR) is 110 cm³/mol. The second kappa shape index (κ2) is 6.05. The Bertz CT molecular complexity index is 658. The highest BCUT2D eigenvalue weighted by Gasteiger charge is 2.20. The number of rotatable bonds is 1. The van der Waals surface area contributed by atoms with Crippen molar-refractivity contribution in [1.82, 2.24) is 0 Å². The van der Waals surface area contributed by atoms with Gasteiger partial charge in [-0.25, -0.2) is 0 Å². The van der Waals surface area contributed by atoms with Gasteiger partial charge in [0.05, 0.1) is 22.7 Å². The molecule has 2 rings (SSSR count). The van der Waals surface area contributed by atoms with Crippen LogP contribution in [0.1, 0.15) is 0 Å². The molecule has 106 valence electrons. The van der Waals surface area contributed by atoms with Gasteiger partial charge in [-0.3, -0.25) is 0 Å². The molecule has 8 heteroatoms. The van der Waals surface area contributed by atoms with E-state index in [0.29, 0.717) is 22.7 Å². The lowest BCUT2D eigenvalue weighted by Crippen LogP contribution is -2.05. The standard InChI is InChI=1S/C12H10Br2I2N4/c13-3-1-5(15)7(11(19)9(3)17)8-6(16)2-4(14)10(18)12(8)20/h1-2H,17-20H2. The number of anilines is 4. The normalized spacial score (nSPS) is 10.8. The number of benzene rings is 2. The Morgan fingerprint density at radius 2 is 0.950 bits per heavy atom. The monoisotopic (exact) mass is 622 g/mol. The zero-order valence-electron chi connectivity index (χ0n) is 9.98. The first-order valence-corrected chi connectivity index (χ1v) is 9.06. The smallest absolute Gasteiger partial charge is 0.0699 e. The first-order valence-electron chi connectivity index (χ1n) is 5.32. The van der Waals surface area contributed by atoms with E-state index in [1.54, 1.807) is 0 Å². The summed E-state index contributed by atoms with van der Waals surface area (Å²) in [5.41, 5.74) is 27.9. The van der Waals surface area contributed by atoms with Crippen LogP contribution in [0.2, 0.25) is 0 Å². The molecular weight excluding hydrogens is 614 g/mol. The van der Waals surface area contributed by atoms with Crippen molar-refractivity contribution >= 4 is 99.8 Å². The minimum Gasteiger partial charge on any atom is -0.396 e. The van der Waals surface area contributed by atoms with E-state index in [0.717, 1.165) is 27.2 Å². The van der Waals surface area contributed by atoms with Crippen LogP contribution in [-0.2, 0) is 0 Å². The SMILES string of the molecule is Nc1c(Br)cc(I)c(-c2c(I)cc(Br)c(N)c2N)c1N. The van der Waals surface area contributed by atoms with E-state index in [-0.39, 0.29) is 0 Å². The summed E-state index contributed by atoms with van der Waals surface area (Å²) >= 11 is 11.2. The van der Waals surface area contributed by atoms with E-state index < -0.39 is 0 Å². The van der Waals surface area contributed by atoms with Crippen LogP contribution in [0, 0.1) is 7.14 Å². The molecule has 4 nitrogen and oxygen atoms in total. The second-order valence-electron chi connectivity index (χ2n) is 4.09. The molecule has 0 amide bonds. The average Bonchev–Trinajstić information content (AvgIpc) is 2.37. The highest BCUT2D eigenvalue weighted by molar-refractivity contribution is 14.1. The summed E-state index contributed by atoms with van der Waals surface area (Å²) < 4.78 is 3.43. The molecule has 0 unspecified atom stereocenters. The topological polar surface area (TPSA) is 104 Å². The van der Waals surface area contributed by atoms with Gasteiger partial charge in [0.15, 0.2) is 0 Å². The van der Waals surface area contributed by atoms with E-state index in [4.69, 9.17) is 22.9 Å². The van der Waals surface area contributed by atoms with Crippen molar-refractivity contribution in [1.29, 1.82) is 0 Å². The fourth-order valence-corrected chi connectivity index (χ4v) is 5.30. The van der Waals surface area contributed by atoms with Crippen LogP contribution in [0.15, 0.2) is 21.1 Å². The predicted octanol–water partition coefficient (Wildman–Crippen LogP) is 4.42. The summed E-state index contributed by atoms with van der Waals surface area (Å²) in [6.07, 6.45) is 0. The molecule has 0 aliphatic carbocycles. The maximum absolute atomic E-state index is 6.17. The van der Waals surface area contributed by atoms with Crippen molar-refractivity contribution in [3.8, 4) is 11.1 Å². The first kappa shape index (κ1) is 16.4. The van der Waals surface area contributed by atoms with Crippen molar-refractivity contribution in [2.24, 2.45) is 0 Å². The van der Waals surface area contributed by atoms with Crippen molar-refractivity contribution in [3.63, 3.8) is 0 Å². The maximum Gasteiger partial charge on any atom is 0.0699 e. The zero-order chi connectivity index (χ0) is 15.2. The summed E-state index contributed by atoms with van der Waals surface area (Å²) in [5, 5.41) is 0. The molecule has 0 atom stereocenters. The Kier molecular flexibility index (Phi) is 4.97. The minimum absolute atomic E-state index is 0.495. The van der Waals surface area contributed by atoms with E-state index >= 15 is 0 Å². The molecule has 0 fully saturated rings. The summed E-state index contributed by atoms with van der Waals surface area (Å²) in [5.74, 6) is 0. The quantitative estimate of drug-likeness (QED) is 0.279. The van der Waals surface area contributed by atoms with Gasteiger partial charge in [-0.2, -0.15) is 0 Å². The summed E-state index contributed by atoms with van der Waals surface area (Å²) in [6, 6.07) is 3.82. The Labute approximate surface area is 160 Å². The van der Waals surface area contributed by atoms with Gasteiger partial charge in [0.25, 0.3) is 0 Å². The highest BCUT2D eigenvalue weighted by atomic mass is 127. The fourth-order valence-electron chi connectivity index (χ4n) is 1.81. The van der Waals surface area contributed by atoms with Gasteiger partial charge in [-0.1, -0.05) is 0 Å². The van der Waals surface area contributed by atoms with Crippen LogP contribution in [0.25, 0.3) is 11.1 Å². The van der Waals surface area contributed by atoms with Gasteiger partial charge in [0, 0.05) is 27.2 Å². The molecule has 0 bridgehead atoms. The lowest BCUT2D eigenvalue weighted by atomic mass is 10.0. The third-order valence-corrected chi connectivity index (χ3v) is 5.88. The first-order chi connectivity index (χ1) is 9.25. The van der Waals surface area contributed by atoms with E-state index in [1.165, 1.54) is 0 Å². The lowest BCUT2D eigenvalue weighted by Gasteiger charge is -2.18. The van der Waals surface area contributed by atoms with Gasteiger partial charge in [-0.15, -0.1) is 0 Å². The number of halogens is 4. The molecule has 0 saturated heterocycles. The van der Waals surface area contributed by atoms with Gasteiger partial charge in [0.1, 0.15) is 0 Å². The zero-order valence-corrected chi connectivity index (χ0v) is 17.5.